The van der Waals surface area contributed by atoms with Crippen LogP contribution >= 0.6 is 0 Å². The van der Waals surface area contributed by atoms with Crippen molar-refractivity contribution >= 4 is 11.1 Å². The van der Waals surface area contributed by atoms with Gasteiger partial charge in [0.15, 0.2) is 5.82 Å². The van der Waals surface area contributed by atoms with Gasteiger partial charge in [0.1, 0.15) is 5.52 Å². The first kappa shape index (κ1) is 8.05. The predicted octanol–water partition coefficient (Wildman–Crippen LogP) is 1.68. The number of rotatable bonds is 1. The summed E-state index contributed by atoms with van der Waals surface area (Å²) in [6.45, 7) is 0. The number of aromatic nitrogens is 4. The zero-order valence-corrected chi connectivity index (χ0v) is 7.66. The first-order valence-corrected chi connectivity index (χ1v) is 4.41. The van der Waals surface area contributed by atoms with Crippen molar-refractivity contribution in [3.8, 4) is 11.4 Å². The van der Waals surface area contributed by atoms with Gasteiger partial charge in [-0.1, -0.05) is 5.16 Å². The summed E-state index contributed by atoms with van der Waals surface area (Å²) in [7, 11) is 0. The van der Waals surface area contributed by atoms with Gasteiger partial charge in [0, 0.05) is 18.0 Å². The van der Waals surface area contributed by atoms with Crippen LogP contribution in [0.4, 0.5) is 0 Å². The molecule has 0 aliphatic heterocycles. The lowest BCUT2D eigenvalue weighted by molar-refractivity contribution is 0.455. The molecular formula is C10H6N4O. The summed E-state index contributed by atoms with van der Waals surface area (Å²) in [6.07, 6.45) is 6.60. The standard InChI is InChI=1S/C10H6N4O/c1-3-11-4-2-7(1)10-12-6-9-8(14-10)5-13-15-9/h1-6H. The molecule has 0 atom stereocenters. The van der Waals surface area contributed by atoms with E-state index in [0.29, 0.717) is 16.9 Å². The van der Waals surface area contributed by atoms with E-state index >= 15 is 0 Å². The van der Waals surface area contributed by atoms with Gasteiger partial charge < -0.3 is 4.52 Å². The van der Waals surface area contributed by atoms with E-state index in [2.05, 4.69) is 20.1 Å². The number of pyridine rings is 1. The highest BCUT2D eigenvalue weighted by atomic mass is 16.5. The first-order chi connectivity index (χ1) is 7.43. The van der Waals surface area contributed by atoms with Gasteiger partial charge in [-0.2, -0.15) is 0 Å². The van der Waals surface area contributed by atoms with Crippen LogP contribution in [0, 0.1) is 0 Å². The maximum absolute atomic E-state index is 4.92. The maximum Gasteiger partial charge on any atom is 0.203 e. The van der Waals surface area contributed by atoms with Crippen LogP contribution in [0.15, 0.2) is 41.4 Å². The molecule has 0 aromatic carbocycles. The quantitative estimate of drug-likeness (QED) is 0.595. The van der Waals surface area contributed by atoms with Crippen molar-refractivity contribution in [2.45, 2.75) is 0 Å². The molecule has 3 aromatic heterocycles. The van der Waals surface area contributed by atoms with Gasteiger partial charge >= 0.3 is 0 Å². The molecule has 0 aliphatic rings. The summed E-state index contributed by atoms with van der Waals surface area (Å²) in [5.41, 5.74) is 2.22. The van der Waals surface area contributed by atoms with E-state index < -0.39 is 0 Å². The van der Waals surface area contributed by atoms with Gasteiger partial charge in [0.2, 0.25) is 5.58 Å². The lowest BCUT2D eigenvalue weighted by Gasteiger charge is -1.97. The van der Waals surface area contributed by atoms with Crippen LogP contribution in [-0.2, 0) is 0 Å². The third-order valence-electron chi connectivity index (χ3n) is 2.05. The second-order valence-corrected chi connectivity index (χ2v) is 3.00. The Labute approximate surface area is 84.8 Å². The Bertz CT molecular complexity index is 590. The van der Waals surface area contributed by atoms with Gasteiger partial charge in [0.25, 0.3) is 0 Å². The Morgan fingerprint density at radius 2 is 1.93 bits per heavy atom. The van der Waals surface area contributed by atoms with Crippen LogP contribution in [0.25, 0.3) is 22.5 Å². The lowest BCUT2D eigenvalue weighted by atomic mass is 10.2. The van der Waals surface area contributed by atoms with E-state index in [9.17, 15) is 0 Å². The van der Waals surface area contributed by atoms with Crippen molar-refractivity contribution in [1.82, 2.24) is 20.1 Å². The summed E-state index contributed by atoms with van der Waals surface area (Å²) >= 11 is 0. The molecule has 0 unspecified atom stereocenters. The Balaban J connectivity index is 2.19. The van der Waals surface area contributed by atoms with Gasteiger partial charge in [-0.15, -0.1) is 0 Å². The van der Waals surface area contributed by atoms with Crippen molar-refractivity contribution in [2.75, 3.05) is 0 Å². The number of fused-ring (bicyclic) bond motifs is 1. The Morgan fingerprint density at radius 1 is 1.07 bits per heavy atom. The lowest BCUT2D eigenvalue weighted by Crippen LogP contribution is -1.87. The fraction of sp³-hybridized carbons (Fsp3) is 0. The molecule has 0 aliphatic carbocycles. The van der Waals surface area contributed by atoms with Crippen LogP contribution in [-0.4, -0.2) is 20.1 Å². The topological polar surface area (TPSA) is 64.7 Å². The minimum Gasteiger partial charge on any atom is -0.353 e. The third-order valence-corrected chi connectivity index (χ3v) is 2.05. The molecule has 0 saturated carbocycles. The van der Waals surface area contributed by atoms with E-state index in [4.69, 9.17) is 4.52 Å². The Kier molecular flexibility index (Phi) is 1.68. The zero-order valence-electron chi connectivity index (χ0n) is 7.66. The third kappa shape index (κ3) is 1.34. The molecule has 0 bridgehead atoms. The molecule has 3 rings (SSSR count). The molecule has 0 fully saturated rings. The normalized spacial score (nSPS) is 10.7. The van der Waals surface area contributed by atoms with Gasteiger partial charge in [-0.25, -0.2) is 9.97 Å². The van der Waals surface area contributed by atoms with Crippen molar-refractivity contribution in [3.05, 3.63) is 36.9 Å². The van der Waals surface area contributed by atoms with E-state index in [1.807, 2.05) is 12.1 Å². The highest BCUT2D eigenvalue weighted by Crippen LogP contribution is 2.16. The summed E-state index contributed by atoms with van der Waals surface area (Å²) in [4.78, 5) is 12.4. The largest absolute Gasteiger partial charge is 0.353 e. The smallest absolute Gasteiger partial charge is 0.203 e. The fourth-order valence-electron chi connectivity index (χ4n) is 1.32. The van der Waals surface area contributed by atoms with Gasteiger partial charge in [-0.3, -0.25) is 4.98 Å². The van der Waals surface area contributed by atoms with Crippen LogP contribution in [0.3, 0.4) is 0 Å². The molecule has 0 radical (unpaired) electrons. The fourth-order valence-corrected chi connectivity index (χ4v) is 1.32. The van der Waals surface area contributed by atoms with Gasteiger partial charge in [-0.05, 0) is 12.1 Å². The molecule has 15 heavy (non-hydrogen) atoms. The molecule has 3 heterocycles. The Hall–Kier alpha value is -2.30. The van der Waals surface area contributed by atoms with Crippen LogP contribution in [0.2, 0.25) is 0 Å². The van der Waals surface area contributed by atoms with E-state index in [1.165, 1.54) is 0 Å². The Morgan fingerprint density at radius 3 is 2.80 bits per heavy atom. The van der Waals surface area contributed by atoms with Crippen molar-refractivity contribution in [2.24, 2.45) is 0 Å². The maximum atomic E-state index is 4.92. The number of hydrogen-bond donors (Lipinski definition) is 0. The highest BCUT2D eigenvalue weighted by Gasteiger charge is 2.04. The van der Waals surface area contributed by atoms with E-state index in [-0.39, 0.29) is 0 Å². The average Bonchev–Trinajstić information content (AvgIpc) is 2.77. The van der Waals surface area contributed by atoms with Crippen LogP contribution in [0.5, 0.6) is 0 Å². The summed E-state index contributed by atoms with van der Waals surface area (Å²) < 4.78 is 4.92. The molecular weight excluding hydrogens is 192 g/mol. The monoisotopic (exact) mass is 198 g/mol. The minimum absolute atomic E-state index is 0.591. The zero-order chi connectivity index (χ0) is 10.1. The molecule has 72 valence electrons. The SMILES string of the molecule is c1cc(-c2ncc3oncc3n2)ccn1. The van der Waals surface area contributed by atoms with Crippen LogP contribution in [0.1, 0.15) is 0 Å². The van der Waals surface area contributed by atoms with Crippen molar-refractivity contribution in [1.29, 1.82) is 0 Å². The molecule has 5 nitrogen and oxygen atoms in total. The first-order valence-electron chi connectivity index (χ1n) is 4.41. The van der Waals surface area contributed by atoms with E-state index in [0.717, 1.165) is 5.56 Å². The molecule has 5 heteroatoms. The number of hydrogen-bond acceptors (Lipinski definition) is 5. The summed E-state index contributed by atoms with van der Waals surface area (Å²) in [6, 6.07) is 3.71. The second-order valence-electron chi connectivity index (χ2n) is 3.00. The van der Waals surface area contributed by atoms with E-state index in [1.54, 1.807) is 24.8 Å². The predicted molar refractivity (Wildman–Crippen MR) is 52.8 cm³/mol. The highest BCUT2D eigenvalue weighted by molar-refractivity contribution is 5.72. The average molecular weight is 198 g/mol. The summed E-state index contributed by atoms with van der Waals surface area (Å²) in [5, 5.41) is 3.65. The molecule has 0 spiro atoms. The molecule has 0 N–H and O–H groups in total. The minimum atomic E-state index is 0.591. The van der Waals surface area contributed by atoms with Crippen molar-refractivity contribution < 1.29 is 4.52 Å². The molecule has 3 aromatic rings. The summed E-state index contributed by atoms with van der Waals surface area (Å²) in [5.74, 6) is 0.646. The second kappa shape index (κ2) is 3.13. The molecule has 0 amide bonds. The molecule has 0 saturated heterocycles. The van der Waals surface area contributed by atoms with Crippen molar-refractivity contribution in [3.63, 3.8) is 0 Å². The number of nitrogens with zero attached hydrogens (tertiary/aromatic N) is 4. The van der Waals surface area contributed by atoms with Crippen LogP contribution < -0.4 is 0 Å². The van der Waals surface area contributed by atoms with Gasteiger partial charge in [0.05, 0.1) is 12.4 Å².